The summed E-state index contributed by atoms with van der Waals surface area (Å²) in [6.45, 7) is 2.59. The molecular formula is C22H23F3N4O2. The summed E-state index contributed by atoms with van der Waals surface area (Å²) in [5.41, 5.74) is -0.455. The van der Waals surface area contributed by atoms with E-state index in [1.165, 1.54) is 13.3 Å². The predicted octanol–water partition coefficient (Wildman–Crippen LogP) is 4.83. The fraction of sp³-hybridized carbons (Fsp3) is 0.409. The highest BCUT2D eigenvalue weighted by Gasteiger charge is 2.37. The van der Waals surface area contributed by atoms with Gasteiger partial charge in [0.15, 0.2) is 11.3 Å². The number of ether oxygens (including phenoxy) is 1. The van der Waals surface area contributed by atoms with Gasteiger partial charge in [0.2, 0.25) is 0 Å². The smallest absolute Gasteiger partial charge is 0.433 e. The second-order valence-corrected chi connectivity index (χ2v) is 7.61. The number of fused-ring (bicyclic) bond motifs is 1. The number of benzene rings is 1. The van der Waals surface area contributed by atoms with Crippen LogP contribution in [0, 0.1) is 0 Å². The van der Waals surface area contributed by atoms with Gasteiger partial charge in [0.05, 0.1) is 19.0 Å². The molecule has 1 aliphatic heterocycles. The first kappa shape index (κ1) is 21.1. The number of hydrogen-bond donors (Lipinski definition) is 0. The number of halogens is 3. The van der Waals surface area contributed by atoms with Crippen molar-refractivity contribution in [2.45, 2.75) is 44.8 Å². The second kappa shape index (κ2) is 8.20. The third kappa shape index (κ3) is 3.96. The van der Waals surface area contributed by atoms with Gasteiger partial charge < -0.3 is 9.64 Å². The third-order valence-corrected chi connectivity index (χ3v) is 5.72. The molecule has 1 fully saturated rings. The molecule has 1 saturated heterocycles. The van der Waals surface area contributed by atoms with Gasteiger partial charge in [-0.1, -0.05) is 19.1 Å². The molecule has 0 spiro atoms. The molecule has 1 atom stereocenters. The molecule has 1 amide bonds. The third-order valence-electron chi connectivity index (χ3n) is 5.72. The second-order valence-electron chi connectivity index (χ2n) is 7.61. The SMILES string of the molecule is CCC1CCCCN1C(=O)c1cnn2c(C(F)(F)F)cc(-c3cccc(OC)c3)nc12. The molecule has 31 heavy (non-hydrogen) atoms. The Balaban J connectivity index is 1.87. The zero-order valence-electron chi connectivity index (χ0n) is 17.3. The van der Waals surface area contributed by atoms with Crippen molar-refractivity contribution < 1.29 is 22.7 Å². The Morgan fingerprint density at radius 1 is 1.26 bits per heavy atom. The Bertz CT molecular complexity index is 1110. The Morgan fingerprint density at radius 2 is 2.06 bits per heavy atom. The number of methoxy groups -OCH3 is 1. The summed E-state index contributed by atoms with van der Waals surface area (Å²) in [6, 6.07) is 7.64. The number of hydrogen-bond acceptors (Lipinski definition) is 4. The lowest BCUT2D eigenvalue weighted by atomic mass is 9.99. The maximum atomic E-state index is 13.8. The first-order valence-corrected chi connectivity index (χ1v) is 10.2. The lowest BCUT2D eigenvalue weighted by Gasteiger charge is -2.35. The highest BCUT2D eigenvalue weighted by molar-refractivity contribution is 6.00. The van der Waals surface area contributed by atoms with Gasteiger partial charge in [0.25, 0.3) is 5.91 Å². The standard InChI is InChI=1S/C22H23F3N4O2/c1-3-15-8-4-5-10-28(15)21(30)17-13-26-29-19(22(23,24)25)12-18(27-20(17)29)14-7-6-9-16(11-14)31-2/h6-7,9,11-13,15H,3-5,8,10H2,1-2H3. The van der Waals surface area contributed by atoms with Crippen LogP contribution in [-0.4, -0.2) is 45.1 Å². The monoisotopic (exact) mass is 432 g/mol. The largest absolute Gasteiger partial charge is 0.497 e. The van der Waals surface area contributed by atoms with E-state index in [2.05, 4.69) is 10.1 Å². The van der Waals surface area contributed by atoms with Crippen LogP contribution >= 0.6 is 0 Å². The maximum absolute atomic E-state index is 13.8. The number of alkyl halides is 3. The molecule has 3 heterocycles. The van der Waals surface area contributed by atoms with Crippen LogP contribution in [0.4, 0.5) is 13.2 Å². The van der Waals surface area contributed by atoms with E-state index in [0.717, 1.165) is 31.7 Å². The van der Waals surface area contributed by atoms with E-state index in [1.807, 2.05) is 6.92 Å². The molecule has 4 rings (SSSR count). The lowest BCUT2D eigenvalue weighted by Crippen LogP contribution is -2.43. The molecule has 1 unspecified atom stereocenters. The number of likely N-dealkylation sites (tertiary alicyclic amines) is 1. The highest BCUT2D eigenvalue weighted by Crippen LogP contribution is 2.34. The summed E-state index contributed by atoms with van der Waals surface area (Å²) < 4.78 is 47.4. The quantitative estimate of drug-likeness (QED) is 0.593. The number of amides is 1. The Hall–Kier alpha value is -3.10. The molecule has 0 aliphatic carbocycles. The van der Waals surface area contributed by atoms with Crippen LogP contribution in [0.1, 0.15) is 48.7 Å². The van der Waals surface area contributed by atoms with Gasteiger partial charge in [-0.2, -0.15) is 18.3 Å². The van der Waals surface area contributed by atoms with Crippen molar-refractivity contribution in [1.82, 2.24) is 19.5 Å². The molecule has 6 nitrogen and oxygen atoms in total. The number of nitrogens with zero attached hydrogens (tertiary/aromatic N) is 4. The number of aromatic nitrogens is 3. The first-order chi connectivity index (χ1) is 14.8. The van der Waals surface area contributed by atoms with Crippen molar-refractivity contribution in [2.24, 2.45) is 0 Å². The van der Waals surface area contributed by atoms with Gasteiger partial charge in [-0.05, 0) is 43.9 Å². The molecule has 0 radical (unpaired) electrons. The van der Waals surface area contributed by atoms with Crippen LogP contribution in [0.5, 0.6) is 5.75 Å². The van der Waals surface area contributed by atoms with Crippen molar-refractivity contribution in [3.8, 4) is 17.0 Å². The number of carbonyl (C=O) groups excluding carboxylic acids is 1. The molecular weight excluding hydrogens is 409 g/mol. The van der Waals surface area contributed by atoms with Crippen molar-refractivity contribution >= 4 is 11.6 Å². The van der Waals surface area contributed by atoms with Crippen molar-refractivity contribution in [3.05, 3.63) is 47.8 Å². The number of rotatable bonds is 4. The van der Waals surface area contributed by atoms with E-state index in [4.69, 9.17) is 4.74 Å². The van der Waals surface area contributed by atoms with Crippen LogP contribution in [-0.2, 0) is 6.18 Å². The predicted molar refractivity (Wildman–Crippen MR) is 109 cm³/mol. The fourth-order valence-corrected chi connectivity index (χ4v) is 4.09. The number of piperidine rings is 1. The summed E-state index contributed by atoms with van der Waals surface area (Å²) in [5.74, 6) is 0.168. The minimum atomic E-state index is -4.67. The van der Waals surface area contributed by atoms with Gasteiger partial charge in [0.1, 0.15) is 11.3 Å². The molecule has 2 aromatic heterocycles. The lowest BCUT2D eigenvalue weighted by molar-refractivity contribution is -0.142. The van der Waals surface area contributed by atoms with E-state index in [0.29, 0.717) is 22.4 Å². The summed E-state index contributed by atoms with van der Waals surface area (Å²) in [6.07, 6.45) is 0.110. The van der Waals surface area contributed by atoms with Gasteiger partial charge in [0, 0.05) is 18.2 Å². The molecule has 1 aliphatic rings. The van der Waals surface area contributed by atoms with E-state index < -0.39 is 11.9 Å². The van der Waals surface area contributed by atoms with Crippen molar-refractivity contribution in [2.75, 3.05) is 13.7 Å². The summed E-state index contributed by atoms with van der Waals surface area (Å²) in [7, 11) is 1.48. The topological polar surface area (TPSA) is 59.7 Å². The summed E-state index contributed by atoms with van der Waals surface area (Å²) >= 11 is 0. The van der Waals surface area contributed by atoms with E-state index in [9.17, 15) is 18.0 Å². The maximum Gasteiger partial charge on any atom is 0.433 e. The zero-order valence-corrected chi connectivity index (χ0v) is 17.3. The molecule has 9 heteroatoms. The molecule has 3 aromatic rings. The minimum absolute atomic E-state index is 0.0693. The first-order valence-electron chi connectivity index (χ1n) is 10.2. The van der Waals surface area contributed by atoms with Crippen molar-refractivity contribution in [1.29, 1.82) is 0 Å². The van der Waals surface area contributed by atoms with Crippen LogP contribution in [0.25, 0.3) is 16.9 Å². The fourth-order valence-electron chi connectivity index (χ4n) is 4.09. The Labute approximate surface area is 177 Å². The minimum Gasteiger partial charge on any atom is -0.497 e. The van der Waals surface area contributed by atoms with Crippen LogP contribution < -0.4 is 4.74 Å². The molecule has 0 N–H and O–H groups in total. The van der Waals surface area contributed by atoms with Crippen LogP contribution in [0.15, 0.2) is 36.5 Å². The molecule has 0 bridgehead atoms. The Morgan fingerprint density at radius 3 is 2.77 bits per heavy atom. The normalized spacial score (nSPS) is 17.2. The van der Waals surface area contributed by atoms with E-state index in [1.54, 1.807) is 29.2 Å². The van der Waals surface area contributed by atoms with Gasteiger partial charge in [-0.3, -0.25) is 4.79 Å². The zero-order chi connectivity index (χ0) is 22.2. The molecule has 1 aromatic carbocycles. The molecule has 164 valence electrons. The average Bonchev–Trinajstić information content (AvgIpc) is 3.21. The van der Waals surface area contributed by atoms with Gasteiger partial charge in [-0.25, -0.2) is 9.50 Å². The summed E-state index contributed by atoms with van der Waals surface area (Å²) in [5, 5.41) is 3.88. The van der Waals surface area contributed by atoms with E-state index in [-0.39, 0.29) is 28.9 Å². The van der Waals surface area contributed by atoms with Crippen LogP contribution in [0.2, 0.25) is 0 Å². The average molecular weight is 432 g/mol. The van der Waals surface area contributed by atoms with Crippen LogP contribution in [0.3, 0.4) is 0 Å². The summed E-state index contributed by atoms with van der Waals surface area (Å²) in [4.78, 5) is 19.4. The van der Waals surface area contributed by atoms with E-state index >= 15 is 0 Å². The van der Waals surface area contributed by atoms with Gasteiger partial charge in [-0.15, -0.1) is 0 Å². The van der Waals surface area contributed by atoms with Crippen molar-refractivity contribution in [3.63, 3.8) is 0 Å². The van der Waals surface area contributed by atoms with Gasteiger partial charge >= 0.3 is 6.18 Å². The molecule has 0 saturated carbocycles. The number of carbonyl (C=O) groups is 1. The highest BCUT2D eigenvalue weighted by atomic mass is 19.4. The Kier molecular flexibility index (Phi) is 5.60.